The third-order valence-electron chi connectivity index (χ3n) is 4.72. The van der Waals surface area contributed by atoms with Crippen LogP contribution in [0.25, 0.3) is 5.69 Å². The van der Waals surface area contributed by atoms with Crippen molar-refractivity contribution in [3.8, 4) is 5.69 Å². The lowest BCUT2D eigenvalue weighted by molar-refractivity contribution is -0.153. The van der Waals surface area contributed by atoms with E-state index in [4.69, 9.17) is 0 Å². The van der Waals surface area contributed by atoms with Crippen LogP contribution in [0.4, 0.5) is 0 Å². The molecule has 1 aliphatic rings. The SMILES string of the molecule is Cc1ccc(-n2cnnc2SCC(=O)N2CCCC(C)(C(=O)O)C2)cc1. The molecule has 1 atom stereocenters. The van der Waals surface area contributed by atoms with E-state index in [1.54, 1.807) is 18.2 Å². The Bertz CT molecular complexity index is 805. The standard InChI is InChI=1S/C18H22N4O3S/c1-13-4-6-14(7-5-13)22-12-19-20-17(22)26-10-15(23)21-9-3-8-18(2,11-21)16(24)25/h4-7,12H,3,8-11H2,1-2H3,(H,24,25). The van der Waals surface area contributed by atoms with E-state index >= 15 is 0 Å². The molecule has 138 valence electrons. The van der Waals surface area contributed by atoms with Crippen LogP contribution in [0.1, 0.15) is 25.3 Å². The van der Waals surface area contributed by atoms with Crippen LogP contribution in [-0.4, -0.2) is 55.5 Å². The Kier molecular flexibility index (Phi) is 5.31. The Hall–Kier alpha value is -2.35. The number of aryl methyl sites for hydroxylation is 1. The molecule has 1 aromatic carbocycles. The minimum atomic E-state index is -0.861. The first-order chi connectivity index (χ1) is 12.4. The number of benzene rings is 1. The average Bonchev–Trinajstić information content (AvgIpc) is 3.09. The number of rotatable bonds is 5. The molecule has 1 aliphatic heterocycles. The number of nitrogens with zero attached hydrogens (tertiary/aromatic N) is 4. The van der Waals surface area contributed by atoms with Crippen LogP contribution in [-0.2, 0) is 9.59 Å². The normalized spacial score (nSPS) is 20.2. The van der Waals surface area contributed by atoms with Gasteiger partial charge in [0.05, 0.1) is 11.2 Å². The number of likely N-dealkylation sites (tertiary alicyclic amines) is 1. The Balaban J connectivity index is 1.65. The van der Waals surface area contributed by atoms with Crippen molar-refractivity contribution in [3.05, 3.63) is 36.2 Å². The van der Waals surface area contributed by atoms with Gasteiger partial charge in [-0.15, -0.1) is 10.2 Å². The summed E-state index contributed by atoms with van der Waals surface area (Å²) in [6.45, 7) is 4.59. The van der Waals surface area contributed by atoms with Crippen LogP contribution in [0, 0.1) is 12.3 Å². The lowest BCUT2D eigenvalue weighted by Crippen LogP contribution is -2.48. The van der Waals surface area contributed by atoms with Gasteiger partial charge in [-0.25, -0.2) is 0 Å². The summed E-state index contributed by atoms with van der Waals surface area (Å²) in [7, 11) is 0. The highest BCUT2D eigenvalue weighted by molar-refractivity contribution is 7.99. The molecular formula is C18H22N4O3S. The molecule has 1 N–H and O–H groups in total. The van der Waals surface area contributed by atoms with Crippen molar-refractivity contribution in [1.29, 1.82) is 0 Å². The maximum Gasteiger partial charge on any atom is 0.311 e. The first-order valence-electron chi connectivity index (χ1n) is 8.50. The van der Waals surface area contributed by atoms with E-state index in [-0.39, 0.29) is 18.2 Å². The molecule has 1 saturated heterocycles. The molecule has 7 nitrogen and oxygen atoms in total. The minimum absolute atomic E-state index is 0.0689. The second kappa shape index (κ2) is 7.49. The highest BCUT2D eigenvalue weighted by Gasteiger charge is 2.39. The Labute approximate surface area is 156 Å². The summed E-state index contributed by atoms with van der Waals surface area (Å²) in [6, 6.07) is 7.98. The van der Waals surface area contributed by atoms with Crippen LogP contribution < -0.4 is 0 Å². The smallest absolute Gasteiger partial charge is 0.311 e. The third kappa shape index (κ3) is 3.90. The summed E-state index contributed by atoms with van der Waals surface area (Å²) in [5, 5.41) is 18.1. The van der Waals surface area contributed by atoms with Crippen LogP contribution in [0.3, 0.4) is 0 Å². The molecule has 0 radical (unpaired) electrons. The molecule has 1 fully saturated rings. The van der Waals surface area contributed by atoms with E-state index in [1.807, 2.05) is 35.8 Å². The van der Waals surface area contributed by atoms with Gasteiger partial charge in [-0.2, -0.15) is 0 Å². The highest BCUT2D eigenvalue weighted by atomic mass is 32.2. The number of aromatic nitrogens is 3. The summed E-state index contributed by atoms with van der Waals surface area (Å²) in [4.78, 5) is 25.7. The largest absolute Gasteiger partial charge is 0.481 e. The number of carbonyl (C=O) groups is 2. The molecule has 3 rings (SSSR count). The number of hydrogen-bond donors (Lipinski definition) is 1. The predicted octanol–water partition coefficient (Wildman–Crippen LogP) is 2.38. The van der Waals surface area contributed by atoms with Gasteiger partial charge in [0.2, 0.25) is 5.91 Å². The summed E-state index contributed by atoms with van der Waals surface area (Å²) >= 11 is 1.31. The Morgan fingerprint density at radius 2 is 2.04 bits per heavy atom. The topological polar surface area (TPSA) is 88.3 Å². The van der Waals surface area contributed by atoms with E-state index in [9.17, 15) is 14.7 Å². The van der Waals surface area contributed by atoms with Crippen molar-refractivity contribution in [2.24, 2.45) is 5.41 Å². The van der Waals surface area contributed by atoms with Gasteiger partial charge >= 0.3 is 5.97 Å². The van der Waals surface area contributed by atoms with E-state index in [0.29, 0.717) is 24.5 Å². The lowest BCUT2D eigenvalue weighted by Gasteiger charge is -2.37. The molecular weight excluding hydrogens is 352 g/mol. The molecule has 26 heavy (non-hydrogen) atoms. The maximum atomic E-state index is 12.6. The maximum absolute atomic E-state index is 12.6. The van der Waals surface area contributed by atoms with E-state index in [0.717, 1.165) is 11.3 Å². The number of hydrogen-bond acceptors (Lipinski definition) is 5. The number of aliphatic carboxylic acids is 1. The predicted molar refractivity (Wildman–Crippen MR) is 98.4 cm³/mol. The minimum Gasteiger partial charge on any atom is -0.481 e. The van der Waals surface area contributed by atoms with Crippen LogP contribution in [0.2, 0.25) is 0 Å². The van der Waals surface area contributed by atoms with Gasteiger partial charge < -0.3 is 10.0 Å². The lowest BCUT2D eigenvalue weighted by atomic mass is 9.82. The van der Waals surface area contributed by atoms with Gasteiger partial charge in [0, 0.05) is 18.8 Å². The summed E-state index contributed by atoms with van der Waals surface area (Å²) in [5.41, 5.74) is 1.24. The summed E-state index contributed by atoms with van der Waals surface area (Å²) in [5.74, 6) is -0.706. The zero-order valence-corrected chi connectivity index (χ0v) is 15.7. The number of thioether (sulfide) groups is 1. The molecule has 8 heteroatoms. The fraction of sp³-hybridized carbons (Fsp3) is 0.444. The van der Waals surface area contributed by atoms with Crippen LogP contribution in [0.15, 0.2) is 35.7 Å². The first kappa shape index (κ1) is 18.4. The molecule has 2 heterocycles. The quantitative estimate of drug-likeness (QED) is 0.809. The van der Waals surface area contributed by atoms with Crippen LogP contribution >= 0.6 is 11.8 Å². The van der Waals surface area contributed by atoms with Gasteiger partial charge in [0.25, 0.3) is 0 Å². The van der Waals surface area contributed by atoms with Gasteiger partial charge in [-0.3, -0.25) is 14.2 Å². The van der Waals surface area contributed by atoms with Crippen LogP contribution in [0.5, 0.6) is 0 Å². The monoisotopic (exact) mass is 374 g/mol. The van der Waals surface area contributed by atoms with Crippen molar-refractivity contribution in [2.75, 3.05) is 18.8 Å². The second-order valence-corrected chi connectivity index (χ2v) is 7.83. The van der Waals surface area contributed by atoms with E-state index < -0.39 is 11.4 Å². The highest BCUT2D eigenvalue weighted by Crippen LogP contribution is 2.30. The van der Waals surface area contributed by atoms with Crippen molar-refractivity contribution in [1.82, 2.24) is 19.7 Å². The number of carboxylic acid groups (broad SMARTS) is 1. The molecule has 0 bridgehead atoms. The third-order valence-corrected chi connectivity index (χ3v) is 5.65. The number of carbonyl (C=O) groups excluding carboxylic acids is 1. The second-order valence-electron chi connectivity index (χ2n) is 6.89. The zero-order valence-electron chi connectivity index (χ0n) is 14.9. The van der Waals surface area contributed by atoms with E-state index in [1.165, 1.54) is 11.8 Å². The first-order valence-corrected chi connectivity index (χ1v) is 9.49. The van der Waals surface area contributed by atoms with Gasteiger partial charge in [-0.05, 0) is 38.8 Å². The van der Waals surface area contributed by atoms with Gasteiger partial charge in [-0.1, -0.05) is 29.5 Å². The van der Waals surface area contributed by atoms with Crippen molar-refractivity contribution >= 4 is 23.6 Å². The molecule has 1 unspecified atom stereocenters. The fourth-order valence-electron chi connectivity index (χ4n) is 3.05. The zero-order chi connectivity index (χ0) is 18.7. The number of piperidine rings is 1. The Morgan fingerprint density at radius 1 is 1.31 bits per heavy atom. The van der Waals surface area contributed by atoms with Crippen molar-refractivity contribution in [2.45, 2.75) is 31.8 Å². The van der Waals surface area contributed by atoms with Gasteiger partial charge in [0.1, 0.15) is 6.33 Å². The number of carboxylic acids is 1. The van der Waals surface area contributed by atoms with Crippen molar-refractivity contribution in [3.63, 3.8) is 0 Å². The molecule has 0 aliphatic carbocycles. The summed E-state index contributed by atoms with van der Waals surface area (Å²) < 4.78 is 1.84. The number of amides is 1. The average molecular weight is 374 g/mol. The Morgan fingerprint density at radius 3 is 2.73 bits per heavy atom. The summed E-state index contributed by atoms with van der Waals surface area (Å²) in [6.07, 6.45) is 2.93. The van der Waals surface area contributed by atoms with Gasteiger partial charge in [0.15, 0.2) is 5.16 Å². The van der Waals surface area contributed by atoms with E-state index in [2.05, 4.69) is 10.2 Å². The molecule has 1 amide bonds. The molecule has 0 spiro atoms. The molecule has 0 saturated carbocycles. The molecule has 1 aromatic heterocycles. The van der Waals surface area contributed by atoms with Crippen molar-refractivity contribution < 1.29 is 14.7 Å². The fourth-order valence-corrected chi connectivity index (χ4v) is 3.88. The molecule has 2 aromatic rings.